The molecule has 0 bridgehead atoms. The van der Waals surface area contributed by atoms with E-state index in [1.807, 2.05) is 73.7 Å². The predicted octanol–water partition coefficient (Wildman–Crippen LogP) is 5.11. The van der Waals surface area contributed by atoms with Crippen molar-refractivity contribution in [2.75, 3.05) is 5.01 Å². The maximum atomic E-state index is 5.90. The van der Waals surface area contributed by atoms with Crippen LogP contribution in [0.5, 0.6) is 11.5 Å². The van der Waals surface area contributed by atoms with Crippen LogP contribution in [0.25, 0.3) is 0 Å². The van der Waals surface area contributed by atoms with Gasteiger partial charge in [-0.15, -0.1) is 0 Å². The van der Waals surface area contributed by atoms with Crippen LogP contribution in [0.15, 0.2) is 89.9 Å². The molecule has 0 aliphatic carbocycles. The fourth-order valence-corrected chi connectivity index (χ4v) is 3.42. The molecule has 3 aromatic carbocycles. The van der Waals surface area contributed by atoms with Crippen molar-refractivity contribution in [3.05, 3.63) is 102 Å². The Hall–Kier alpha value is -4.06. The molecular formula is C24H21N5O. The van der Waals surface area contributed by atoms with Gasteiger partial charge in [0.1, 0.15) is 11.5 Å². The highest BCUT2D eigenvalue weighted by Gasteiger charge is 2.21. The first-order chi connectivity index (χ1) is 14.7. The minimum atomic E-state index is 0.651. The fraction of sp³-hybridized carbons (Fsp3) is 0.0833. The lowest BCUT2D eigenvalue weighted by Crippen LogP contribution is -2.46. The minimum absolute atomic E-state index is 0.651. The average Bonchev–Trinajstić information content (AvgIpc) is 3.19. The molecule has 0 amide bonds. The molecule has 1 aromatic heterocycles. The first kappa shape index (κ1) is 18.0. The van der Waals surface area contributed by atoms with Crippen LogP contribution in [-0.2, 0) is 6.54 Å². The Kier molecular flexibility index (Phi) is 4.65. The number of ether oxygens (including phenoxy) is 1. The molecule has 4 aromatic rings. The second-order valence-corrected chi connectivity index (χ2v) is 7.13. The number of hydrazine groups is 1. The Bertz CT molecular complexity index is 1180. The summed E-state index contributed by atoms with van der Waals surface area (Å²) in [5.41, 5.74) is 7.72. The van der Waals surface area contributed by atoms with Crippen molar-refractivity contribution in [1.29, 1.82) is 0 Å². The first-order valence-electron chi connectivity index (χ1n) is 9.81. The fourth-order valence-electron chi connectivity index (χ4n) is 3.42. The number of aromatic nitrogens is 2. The molecular weight excluding hydrogens is 374 g/mol. The Labute approximate surface area is 174 Å². The smallest absolute Gasteiger partial charge is 0.176 e. The van der Waals surface area contributed by atoms with Crippen molar-refractivity contribution in [3.63, 3.8) is 0 Å². The maximum absolute atomic E-state index is 5.90. The van der Waals surface area contributed by atoms with E-state index in [1.165, 1.54) is 5.56 Å². The number of H-pyrrole nitrogens is 1. The van der Waals surface area contributed by atoms with Gasteiger partial charge in [-0.2, -0.15) is 5.10 Å². The Balaban J connectivity index is 1.42. The van der Waals surface area contributed by atoms with Crippen LogP contribution in [0, 0.1) is 6.92 Å². The van der Waals surface area contributed by atoms with Crippen LogP contribution in [0.1, 0.15) is 16.8 Å². The first-order valence-corrected chi connectivity index (χ1v) is 9.81. The van der Waals surface area contributed by atoms with E-state index in [-0.39, 0.29) is 0 Å². The number of rotatable bonds is 4. The lowest BCUT2D eigenvalue weighted by molar-refractivity contribution is 0.482. The van der Waals surface area contributed by atoms with Crippen molar-refractivity contribution in [3.8, 4) is 11.5 Å². The lowest BCUT2D eigenvalue weighted by Gasteiger charge is -2.33. The molecule has 148 valence electrons. The van der Waals surface area contributed by atoms with E-state index in [2.05, 4.69) is 38.8 Å². The summed E-state index contributed by atoms with van der Waals surface area (Å²) in [6, 6.07) is 28.0. The van der Waals surface area contributed by atoms with Gasteiger partial charge in [-0.05, 0) is 48.9 Å². The van der Waals surface area contributed by atoms with Gasteiger partial charge in [0.05, 0.1) is 12.2 Å². The highest BCUT2D eigenvalue weighted by Crippen LogP contribution is 2.27. The van der Waals surface area contributed by atoms with Crippen molar-refractivity contribution in [1.82, 2.24) is 15.6 Å². The largest absolute Gasteiger partial charge is 0.457 e. The highest BCUT2D eigenvalue weighted by atomic mass is 16.5. The summed E-state index contributed by atoms with van der Waals surface area (Å²) < 4.78 is 5.90. The van der Waals surface area contributed by atoms with Crippen LogP contribution in [0.4, 0.5) is 11.5 Å². The van der Waals surface area contributed by atoms with E-state index < -0.39 is 0 Å². The van der Waals surface area contributed by atoms with Crippen LogP contribution in [0.3, 0.4) is 0 Å². The zero-order chi connectivity index (χ0) is 20.3. The molecule has 2 heterocycles. The summed E-state index contributed by atoms with van der Waals surface area (Å²) in [6.45, 7) is 2.69. The van der Waals surface area contributed by atoms with Gasteiger partial charge in [0.2, 0.25) is 0 Å². The molecule has 0 radical (unpaired) electrons. The van der Waals surface area contributed by atoms with Crippen molar-refractivity contribution in [2.24, 2.45) is 4.99 Å². The minimum Gasteiger partial charge on any atom is -0.457 e. The maximum Gasteiger partial charge on any atom is 0.176 e. The number of amidine groups is 1. The third-order valence-electron chi connectivity index (χ3n) is 4.89. The van der Waals surface area contributed by atoms with E-state index in [1.54, 1.807) is 0 Å². The van der Waals surface area contributed by atoms with Gasteiger partial charge in [-0.3, -0.25) is 15.5 Å². The standard InChI is InChI=1S/C24H21N5O/c1-17-15-23(27-26-17)25-24-22-10-6-5-7-18(22)16-29(28-24)19-11-13-21(14-12-19)30-20-8-3-2-4-9-20/h2-15H,16H2,1H3,(H2,25,26,27,28). The monoisotopic (exact) mass is 395 g/mol. The molecule has 0 saturated heterocycles. The Morgan fingerprint density at radius 3 is 2.40 bits per heavy atom. The number of anilines is 1. The normalized spacial score (nSPS) is 14.3. The van der Waals surface area contributed by atoms with E-state index in [4.69, 9.17) is 9.73 Å². The molecule has 6 nitrogen and oxygen atoms in total. The molecule has 1 aliphatic heterocycles. The van der Waals surface area contributed by atoms with Gasteiger partial charge in [0.15, 0.2) is 11.7 Å². The van der Waals surface area contributed by atoms with Crippen LogP contribution in [0.2, 0.25) is 0 Å². The average molecular weight is 395 g/mol. The Morgan fingerprint density at radius 2 is 1.63 bits per heavy atom. The topological polar surface area (TPSA) is 65.5 Å². The summed E-state index contributed by atoms with van der Waals surface area (Å²) in [5, 5.41) is 9.26. The molecule has 0 atom stereocenters. The summed E-state index contributed by atoms with van der Waals surface area (Å²) in [4.78, 5) is 4.73. The van der Waals surface area contributed by atoms with E-state index in [0.29, 0.717) is 5.82 Å². The summed E-state index contributed by atoms with van der Waals surface area (Å²) >= 11 is 0. The van der Waals surface area contributed by atoms with E-state index >= 15 is 0 Å². The number of fused-ring (bicyclic) bond motifs is 1. The van der Waals surface area contributed by atoms with Gasteiger partial charge in [0.25, 0.3) is 0 Å². The zero-order valence-corrected chi connectivity index (χ0v) is 16.5. The van der Waals surface area contributed by atoms with Gasteiger partial charge in [0, 0.05) is 17.3 Å². The lowest BCUT2D eigenvalue weighted by atomic mass is 10.0. The SMILES string of the molecule is Cc1cc(N=C2NN(c3ccc(Oc4ccccc4)cc3)Cc3ccccc32)n[nH]1. The highest BCUT2D eigenvalue weighted by molar-refractivity contribution is 6.03. The molecule has 0 unspecified atom stereocenters. The number of nitrogens with one attached hydrogen (secondary N) is 2. The molecule has 5 rings (SSSR count). The predicted molar refractivity (Wildman–Crippen MR) is 118 cm³/mol. The number of aromatic amines is 1. The number of aryl methyl sites for hydroxylation is 1. The third-order valence-corrected chi connectivity index (χ3v) is 4.89. The van der Waals surface area contributed by atoms with Crippen molar-refractivity contribution in [2.45, 2.75) is 13.5 Å². The molecule has 2 N–H and O–H groups in total. The van der Waals surface area contributed by atoms with Crippen molar-refractivity contribution >= 4 is 17.3 Å². The van der Waals surface area contributed by atoms with Gasteiger partial charge >= 0.3 is 0 Å². The van der Waals surface area contributed by atoms with Gasteiger partial charge < -0.3 is 4.74 Å². The molecule has 30 heavy (non-hydrogen) atoms. The summed E-state index contributed by atoms with van der Waals surface area (Å²) in [7, 11) is 0. The summed E-state index contributed by atoms with van der Waals surface area (Å²) in [6.07, 6.45) is 0. The Morgan fingerprint density at radius 1 is 0.900 bits per heavy atom. The van der Waals surface area contributed by atoms with Crippen LogP contribution >= 0.6 is 0 Å². The number of benzene rings is 3. The molecule has 0 fully saturated rings. The van der Waals surface area contributed by atoms with E-state index in [0.717, 1.165) is 40.8 Å². The molecule has 6 heteroatoms. The van der Waals surface area contributed by atoms with E-state index in [9.17, 15) is 0 Å². The van der Waals surface area contributed by atoms with Crippen LogP contribution in [-0.4, -0.2) is 16.0 Å². The third kappa shape index (κ3) is 3.75. The number of aliphatic imine (C=N–C) groups is 1. The quantitative estimate of drug-likeness (QED) is 0.504. The summed E-state index contributed by atoms with van der Waals surface area (Å²) in [5.74, 6) is 3.04. The van der Waals surface area contributed by atoms with Crippen molar-refractivity contribution < 1.29 is 4.74 Å². The molecule has 0 saturated carbocycles. The number of hydrogen-bond donors (Lipinski definition) is 2. The zero-order valence-electron chi connectivity index (χ0n) is 16.5. The second-order valence-electron chi connectivity index (χ2n) is 7.13. The molecule has 1 aliphatic rings. The van der Waals surface area contributed by atoms with Gasteiger partial charge in [-0.1, -0.05) is 42.5 Å². The van der Waals surface area contributed by atoms with Gasteiger partial charge in [-0.25, -0.2) is 4.99 Å². The number of para-hydroxylation sites is 1. The number of nitrogens with zero attached hydrogens (tertiary/aromatic N) is 3. The second kappa shape index (κ2) is 7.75. The molecule has 0 spiro atoms. The van der Waals surface area contributed by atoms with Crippen LogP contribution < -0.4 is 15.2 Å². The number of hydrogen-bond acceptors (Lipinski definition) is 4.